The van der Waals surface area contributed by atoms with E-state index in [0.717, 1.165) is 46.1 Å². The summed E-state index contributed by atoms with van der Waals surface area (Å²) in [6, 6.07) is 20.4. The Kier molecular flexibility index (Phi) is 20.5. The zero-order valence-corrected chi connectivity index (χ0v) is 29.9. The average Bonchev–Trinajstić information content (AvgIpc) is 2.98. The van der Waals surface area contributed by atoms with E-state index in [-0.39, 0.29) is 11.9 Å². The molecule has 0 spiro atoms. The van der Waals surface area contributed by atoms with E-state index in [1.165, 1.54) is 62.5 Å². The summed E-state index contributed by atoms with van der Waals surface area (Å²) in [7, 11) is 0. The van der Waals surface area contributed by atoms with E-state index in [4.69, 9.17) is 6.15 Å². The molecular weight excluding hydrogens is 655 g/mol. The molecule has 7 heteroatoms. The fourth-order valence-electron chi connectivity index (χ4n) is 4.83. The molecule has 0 saturated heterocycles. The topological polar surface area (TPSA) is 52.6 Å². The van der Waals surface area contributed by atoms with Crippen LogP contribution in [0.15, 0.2) is 60.7 Å². The summed E-state index contributed by atoms with van der Waals surface area (Å²) in [6.45, 7) is 4.46. The Bertz CT molecular complexity index is 865. The Morgan fingerprint density at radius 1 is 0.561 bits per heavy atom. The van der Waals surface area contributed by atoms with Gasteiger partial charge in [0.15, 0.2) is 0 Å². The van der Waals surface area contributed by atoms with Gasteiger partial charge < -0.3 is 0 Å². The van der Waals surface area contributed by atoms with Crippen molar-refractivity contribution in [3.63, 3.8) is 0 Å². The molecule has 0 N–H and O–H groups in total. The van der Waals surface area contributed by atoms with Gasteiger partial charge in [0.2, 0.25) is 0 Å². The summed E-state index contributed by atoms with van der Waals surface area (Å²) < 4.78 is 14.3. The van der Waals surface area contributed by atoms with Crippen molar-refractivity contribution in [2.24, 2.45) is 0 Å². The molecule has 228 valence electrons. The van der Waals surface area contributed by atoms with E-state index in [9.17, 15) is 9.59 Å². The molecule has 0 radical (unpaired) electrons. The monoisotopic (exact) mass is 708 g/mol. The molecule has 0 aromatic heterocycles. The van der Waals surface area contributed by atoms with Crippen molar-refractivity contribution in [3.05, 3.63) is 71.8 Å². The molecule has 0 unspecified atom stereocenters. The van der Waals surface area contributed by atoms with Crippen LogP contribution in [0.1, 0.15) is 102 Å². The van der Waals surface area contributed by atoms with Crippen LogP contribution >= 0.6 is 23.5 Å². The molecule has 2 rings (SSSR count). The molecule has 0 aliphatic rings. The number of thioether (sulfide) groups is 2. The number of unbranched alkanes of at least 4 members (excludes halogenated alkanes) is 10. The number of benzene rings is 2. The van der Waals surface area contributed by atoms with Crippen molar-refractivity contribution < 1.29 is 15.7 Å². The first kappa shape index (κ1) is 36.1. The van der Waals surface area contributed by atoms with Gasteiger partial charge in [-0.3, -0.25) is 0 Å². The molecular formula is C34H52O4S2Sn. The summed E-state index contributed by atoms with van der Waals surface area (Å²) in [5, 5.41) is 0. The van der Waals surface area contributed by atoms with Crippen LogP contribution < -0.4 is 0 Å². The van der Waals surface area contributed by atoms with E-state index in [2.05, 4.69) is 38.1 Å². The predicted octanol–water partition coefficient (Wildman–Crippen LogP) is 10.1. The summed E-state index contributed by atoms with van der Waals surface area (Å²) in [6.07, 6.45) is 14.0. The van der Waals surface area contributed by atoms with Crippen LogP contribution in [0.25, 0.3) is 0 Å². The van der Waals surface area contributed by atoms with Crippen LogP contribution in [0.2, 0.25) is 8.87 Å². The quantitative estimate of drug-likeness (QED) is 0.0800. The minimum atomic E-state index is -4.00. The van der Waals surface area contributed by atoms with Crippen molar-refractivity contribution in [1.82, 2.24) is 0 Å². The third kappa shape index (κ3) is 17.6. The van der Waals surface area contributed by atoms with Gasteiger partial charge in [0.05, 0.1) is 0 Å². The van der Waals surface area contributed by atoms with Crippen LogP contribution in [0.5, 0.6) is 0 Å². The van der Waals surface area contributed by atoms with Gasteiger partial charge in [0.25, 0.3) is 0 Å². The molecule has 41 heavy (non-hydrogen) atoms. The Labute approximate surface area is 263 Å². The number of carbonyl (C=O) groups excluding carboxylic acids is 2. The molecule has 0 aliphatic carbocycles. The van der Waals surface area contributed by atoms with Crippen molar-refractivity contribution in [1.29, 1.82) is 0 Å². The van der Waals surface area contributed by atoms with Crippen LogP contribution in [0, 0.1) is 0 Å². The normalized spacial score (nSPS) is 11.4. The summed E-state index contributed by atoms with van der Waals surface area (Å²) in [4.78, 5) is 26.4. The van der Waals surface area contributed by atoms with E-state index in [0.29, 0.717) is 11.5 Å². The van der Waals surface area contributed by atoms with Crippen LogP contribution in [-0.2, 0) is 27.2 Å². The second kappa shape index (κ2) is 23.3. The fourth-order valence-corrected chi connectivity index (χ4v) is 16.2. The van der Waals surface area contributed by atoms with Crippen LogP contribution in [-0.4, -0.2) is 42.6 Å². The van der Waals surface area contributed by atoms with Crippen molar-refractivity contribution in [2.75, 3.05) is 11.5 Å². The second-order valence-electron chi connectivity index (χ2n) is 10.9. The molecule has 0 heterocycles. The van der Waals surface area contributed by atoms with E-state index >= 15 is 0 Å². The zero-order chi connectivity index (χ0) is 29.4. The van der Waals surface area contributed by atoms with Gasteiger partial charge in [0.1, 0.15) is 0 Å². The summed E-state index contributed by atoms with van der Waals surface area (Å²) in [5.41, 5.74) is 2.39. The molecule has 0 atom stereocenters. The molecule has 0 saturated carbocycles. The van der Waals surface area contributed by atoms with Gasteiger partial charge in [-0.15, -0.1) is 0 Å². The molecule has 0 aliphatic heterocycles. The first-order chi connectivity index (χ1) is 20.1. The Morgan fingerprint density at radius 3 is 1.32 bits per heavy atom. The third-order valence-corrected chi connectivity index (χ3v) is 18.8. The van der Waals surface area contributed by atoms with Gasteiger partial charge in [0, 0.05) is 0 Å². The molecule has 2 aromatic rings. The molecule has 2 aromatic carbocycles. The fraction of sp³-hybridized carbons (Fsp3) is 0.588. The SMILES string of the molecule is CCCCCCC[CH2][Sn]([CH2]CCCCCCC)([O]C(=O)CSCc1ccccc1)[O]C(=O)CSCc1ccccc1. The Hall–Kier alpha value is -1.12. The maximum absolute atomic E-state index is 13.2. The first-order valence-electron chi connectivity index (χ1n) is 15.7. The Balaban J connectivity index is 2.03. The third-order valence-electron chi connectivity index (χ3n) is 7.09. The molecule has 0 bridgehead atoms. The molecule has 0 amide bonds. The van der Waals surface area contributed by atoms with E-state index in [1.807, 2.05) is 36.4 Å². The number of hydrogen-bond donors (Lipinski definition) is 0. The standard InChI is InChI=1S/2C9H10O2S.2C8H17.Sn/c2*10-9(11)7-12-6-8-4-2-1-3-5-8;2*1-3-5-7-8-6-4-2;/h2*1-5H,6-7H2,(H,10,11);2*1,3-8H2,2H3;/q;;;;+2/p-2. The average molecular weight is 708 g/mol. The van der Waals surface area contributed by atoms with Crippen LogP contribution in [0.3, 0.4) is 0 Å². The predicted molar refractivity (Wildman–Crippen MR) is 180 cm³/mol. The summed E-state index contributed by atoms with van der Waals surface area (Å²) in [5.74, 6) is 1.71. The molecule has 4 nitrogen and oxygen atoms in total. The van der Waals surface area contributed by atoms with Crippen molar-refractivity contribution >= 4 is 54.7 Å². The van der Waals surface area contributed by atoms with Gasteiger partial charge in [-0.1, -0.05) is 0 Å². The first-order valence-corrected chi connectivity index (χ1v) is 24.4. The zero-order valence-electron chi connectivity index (χ0n) is 25.5. The Morgan fingerprint density at radius 2 is 0.927 bits per heavy atom. The van der Waals surface area contributed by atoms with Gasteiger partial charge in [-0.2, -0.15) is 0 Å². The number of rotatable bonds is 24. The van der Waals surface area contributed by atoms with Crippen LogP contribution in [0.4, 0.5) is 0 Å². The van der Waals surface area contributed by atoms with Gasteiger partial charge in [-0.25, -0.2) is 0 Å². The minimum absolute atomic E-state index is 0.205. The van der Waals surface area contributed by atoms with E-state index in [1.54, 1.807) is 23.5 Å². The van der Waals surface area contributed by atoms with E-state index < -0.39 is 19.2 Å². The van der Waals surface area contributed by atoms with Crippen molar-refractivity contribution in [2.45, 2.75) is 111 Å². The molecule has 0 fully saturated rings. The summed E-state index contributed by atoms with van der Waals surface area (Å²) >= 11 is -0.849. The maximum atomic E-state index is 13.2. The second-order valence-corrected chi connectivity index (χ2v) is 22.0. The van der Waals surface area contributed by atoms with Gasteiger partial charge in [-0.05, 0) is 0 Å². The number of carbonyl (C=O) groups is 2. The van der Waals surface area contributed by atoms with Gasteiger partial charge >= 0.3 is 265 Å². The van der Waals surface area contributed by atoms with Crippen molar-refractivity contribution in [3.8, 4) is 0 Å². The number of hydrogen-bond acceptors (Lipinski definition) is 6.